The summed E-state index contributed by atoms with van der Waals surface area (Å²) in [6.45, 7) is 2.02. The largest absolute Gasteiger partial charge is 0.497 e. The van der Waals surface area contributed by atoms with Crippen molar-refractivity contribution in [2.24, 2.45) is 0 Å². The van der Waals surface area contributed by atoms with E-state index in [-0.39, 0.29) is 11.4 Å². The summed E-state index contributed by atoms with van der Waals surface area (Å²) in [5.74, 6) is 1.16. The number of hydrogen-bond acceptors (Lipinski definition) is 6. The first-order valence-corrected chi connectivity index (χ1v) is 9.43. The lowest BCUT2D eigenvalue weighted by Gasteiger charge is -2.07. The van der Waals surface area contributed by atoms with Crippen LogP contribution in [-0.4, -0.2) is 20.5 Å². The number of rotatable bonds is 6. The standard InChI is InChI=1S/C16H16N2O4S2/c1-11-15(23-16(18-11)14-7-4-8-22-14)10-17-24(19,20)13-6-3-5-12(9-13)21-2/h3-9,17H,10H2,1-2H3. The third kappa shape index (κ3) is 3.50. The number of ether oxygens (including phenoxy) is 1. The van der Waals surface area contributed by atoms with Gasteiger partial charge < -0.3 is 9.15 Å². The fourth-order valence-corrected chi connectivity index (χ4v) is 4.20. The number of nitrogens with zero attached hydrogens (tertiary/aromatic N) is 1. The molecule has 0 aliphatic rings. The molecular weight excluding hydrogens is 348 g/mol. The number of furan rings is 1. The molecule has 0 spiro atoms. The number of sulfonamides is 1. The second kappa shape index (κ2) is 6.76. The fourth-order valence-electron chi connectivity index (χ4n) is 2.11. The summed E-state index contributed by atoms with van der Waals surface area (Å²) in [5.41, 5.74) is 0.778. The zero-order valence-corrected chi connectivity index (χ0v) is 14.8. The Morgan fingerprint density at radius 3 is 2.83 bits per heavy atom. The molecule has 126 valence electrons. The van der Waals surface area contributed by atoms with Crippen LogP contribution in [0.25, 0.3) is 10.8 Å². The Morgan fingerprint density at radius 2 is 2.12 bits per heavy atom. The van der Waals surface area contributed by atoms with Gasteiger partial charge >= 0.3 is 0 Å². The van der Waals surface area contributed by atoms with Crippen LogP contribution in [0, 0.1) is 6.92 Å². The van der Waals surface area contributed by atoms with Gasteiger partial charge in [-0.25, -0.2) is 18.1 Å². The Hall–Kier alpha value is -2.16. The third-order valence-corrected chi connectivity index (χ3v) is 5.97. The number of methoxy groups -OCH3 is 1. The highest BCUT2D eigenvalue weighted by atomic mass is 32.2. The van der Waals surface area contributed by atoms with Crippen molar-refractivity contribution in [3.8, 4) is 16.5 Å². The first-order chi connectivity index (χ1) is 11.5. The highest BCUT2D eigenvalue weighted by Gasteiger charge is 2.17. The number of benzene rings is 1. The van der Waals surface area contributed by atoms with E-state index in [1.807, 2.05) is 13.0 Å². The maximum absolute atomic E-state index is 12.4. The lowest BCUT2D eigenvalue weighted by atomic mass is 10.3. The van der Waals surface area contributed by atoms with Crippen LogP contribution in [0.2, 0.25) is 0 Å². The molecule has 6 nitrogen and oxygen atoms in total. The molecule has 2 heterocycles. The molecule has 0 fully saturated rings. The predicted molar refractivity (Wildman–Crippen MR) is 91.6 cm³/mol. The topological polar surface area (TPSA) is 81.4 Å². The molecule has 24 heavy (non-hydrogen) atoms. The molecule has 2 aromatic heterocycles. The van der Waals surface area contributed by atoms with E-state index in [0.717, 1.165) is 15.6 Å². The first kappa shape index (κ1) is 16.7. The van der Waals surface area contributed by atoms with E-state index in [2.05, 4.69) is 9.71 Å². The molecule has 1 N–H and O–H groups in total. The predicted octanol–water partition coefficient (Wildman–Crippen LogP) is 3.20. The smallest absolute Gasteiger partial charge is 0.241 e. The molecule has 0 atom stereocenters. The minimum atomic E-state index is -3.63. The van der Waals surface area contributed by atoms with Crippen LogP contribution in [0.5, 0.6) is 5.75 Å². The van der Waals surface area contributed by atoms with Crippen LogP contribution in [0.4, 0.5) is 0 Å². The second-order valence-corrected chi connectivity index (χ2v) is 7.86. The molecule has 8 heteroatoms. The van der Waals surface area contributed by atoms with Crippen LogP contribution < -0.4 is 9.46 Å². The van der Waals surface area contributed by atoms with E-state index >= 15 is 0 Å². The molecule has 3 rings (SSSR count). The van der Waals surface area contributed by atoms with Crippen LogP contribution in [0.1, 0.15) is 10.6 Å². The zero-order chi connectivity index (χ0) is 17.2. The third-order valence-electron chi connectivity index (χ3n) is 3.40. The van der Waals surface area contributed by atoms with Gasteiger partial charge in [-0.3, -0.25) is 0 Å². The van der Waals surface area contributed by atoms with Crippen molar-refractivity contribution in [1.29, 1.82) is 0 Å². The average molecular weight is 364 g/mol. The lowest BCUT2D eigenvalue weighted by molar-refractivity contribution is 0.413. The molecule has 3 aromatic rings. The summed E-state index contributed by atoms with van der Waals surface area (Å²) in [6, 6.07) is 9.96. The van der Waals surface area contributed by atoms with Crippen LogP contribution in [-0.2, 0) is 16.6 Å². The summed E-state index contributed by atoms with van der Waals surface area (Å²) in [7, 11) is -2.13. The molecule has 0 bridgehead atoms. The van der Waals surface area contributed by atoms with E-state index in [9.17, 15) is 8.42 Å². The van der Waals surface area contributed by atoms with Gasteiger partial charge in [-0.2, -0.15) is 0 Å². The van der Waals surface area contributed by atoms with Gasteiger partial charge in [-0.1, -0.05) is 6.07 Å². The van der Waals surface area contributed by atoms with E-state index in [4.69, 9.17) is 9.15 Å². The van der Waals surface area contributed by atoms with Gasteiger partial charge in [0.2, 0.25) is 10.0 Å². The number of nitrogens with one attached hydrogen (secondary N) is 1. The highest BCUT2D eigenvalue weighted by molar-refractivity contribution is 7.89. The molecule has 0 radical (unpaired) electrons. The number of thiazole rings is 1. The number of hydrogen-bond donors (Lipinski definition) is 1. The molecular formula is C16H16N2O4S2. The summed E-state index contributed by atoms with van der Waals surface area (Å²) in [6.07, 6.45) is 1.58. The van der Waals surface area contributed by atoms with Crippen molar-refractivity contribution in [1.82, 2.24) is 9.71 Å². The van der Waals surface area contributed by atoms with E-state index in [0.29, 0.717) is 11.5 Å². The summed E-state index contributed by atoms with van der Waals surface area (Å²) >= 11 is 1.40. The van der Waals surface area contributed by atoms with E-state index in [1.165, 1.54) is 30.6 Å². The molecule has 1 aromatic carbocycles. The molecule has 0 saturated heterocycles. The van der Waals surface area contributed by atoms with E-state index < -0.39 is 10.0 Å². The molecule has 0 unspecified atom stereocenters. The van der Waals surface area contributed by atoms with Gasteiger partial charge in [0, 0.05) is 17.5 Å². The molecule has 0 amide bonds. The highest BCUT2D eigenvalue weighted by Crippen LogP contribution is 2.28. The quantitative estimate of drug-likeness (QED) is 0.726. The fraction of sp³-hybridized carbons (Fsp3) is 0.188. The molecule has 0 saturated carbocycles. The van der Waals surface area contributed by atoms with Crippen LogP contribution in [0.3, 0.4) is 0 Å². The van der Waals surface area contributed by atoms with Gasteiger partial charge in [-0.15, -0.1) is 11.3 Å². The Bertz CT molecular complexity index is 931. The van der Waals surface area contributed by atoms with Crippen molar-refractivity contribution < 1.29 is 17.6 Å². The molecule has 0 aliphatic heterocycles. The first-order valence-electron chi connectivity index (χ1n) is 7.13. The van der Waals surface area contributed by atoms with Crippen LogP contribution >= 0.6 is 11.3 Å². The number of aryl methyl sites for hydroxylation is 1. The van der Waals surface area contributed by atoms with Crippen molar-refractivity contribution in [3.05, 3.63) is 53.2 Å². The Kier molecular flexibility index (Phi) is 4.70. The summed E-state index contributed by atoms with van der Waals surface area (Å²) < 4.78 is 37.8. The summed E-state index contributed by atoms with van der Waals surface area (Å²) in [5, 5.41) is 0.730. The van der Waals surface area contributed by atoms with Crippen molar-refractivity contribution in [2.75, 3.05) is 7.11 Å². The van der Waals surface area contributed by atoms with Crippen molar-refractivity contribution in [2.45, 2.75) is 18.4 Å². The Balaban J connectivity index is 1.77. The van der Waals surface area contributed by atoms with Crippen LogP contribution in [0.15, 0.2) is 52.0 Å². The van der Waals surface area contributed by atoms with Gasteiger partial charge in [-0.05, 0) is 31.2 Å². The Labute approximate surface area is 144 Å². The molecule has 0 aliphatic carbocycles. The average Bonchev–Trinajstić information content (AvgIpc) is 3.23. The van der Waals surface area contributed by atoms with Gasteiger partial charge in [0.15, 0.2) is 10.8 Å². The SMILES string of the molecule is COc1cccc(S(=O)(=O)NCc2sc(-c3ccco3)nc2C)c1. The second-order valence-electron chi connectivity index (χ2n) is 5.01. The maximum atomic E-state index is 12.4. The Morgan fingerprint density at radius 1 is 1.29 bits per heavy atom. The lowest BCUT2D eigenvalue weighted by Crippen LogP contribution is -2.23. The maximum Gasteiger partial charge on any atom is 0.241 e. The normalized spacial score (nSPS) is 11.6. The zero-order valence-electron chi connectivity index (χ0n) is 13.1. The van der Waals surface area contributed by atoms with Gasteiger partial charge in [0.1, 0.15) is 5.75 Å². The van der Waals surface area contributed by atoms with Gasteiger partial charge in [0.25, 0.3) is 0 Å². The van der Waals surface area contributed by atoms with Crippen molar-refractivity contribution in [3.63, 3.8) is 0 Å². The van der Waals surface area contributed by atoms with E-state index in [1.54, 1.807) is 24.5 Å². The summed E-state index contributed by atoms with van der Waals surface area (Å²) in [4.78, 5) is 5.43. The monoisotopic (exact) mass is 364 g/mol. The number of aromatic nitrogens is 1. The minimum absolute atomic E-state index is 0.162. The minimum Gasteiger partial charge on any atom is -0.497 e. The van der Waals surface area contributed by atoms with Gasteiger partial charge in [0.05, 0.1) is 24.0 Å². The van der Waals surface area contributed by atoms with Crippen molar-refractivity contribution >= 4 is 21.4 Å².